The zero-order valence-electron chi connectivity index (χ0n) is 8.55. The van der Waals surface area contributed by atoms with Crippen LogP contribution in [0.1, 0.15) is 40.0 Å². The van der Waals surface area contributed by atoms with Crippen molar-refractivity contribution in [1.82, 2.24) is 4.90 Å². The van der Waals surface area contributed by atoms with Crippen LogP contribution in [0.15, 0.2) is 0 Å². The van der Waals surface area contributed by atoms with Gasteiger partial charge in [0, 0.05) is 6.04 Å². The average molecular weight is 236 g/mol. The first-order chi connectivity index (χ1) is 5.22. The van der Waals surface area contributed by atoms with Gasteiger partial charge in [-0.3, -0.25) is 0 Å². The van der Waals surface area contributed by atoms with Gasteiger partial charge in [-0.2, -0.15) is 0 Å². The lowest BCUT2D eigenvalue weighted by atomic mass is 10.0. The molecule has 1 aliphatic heterocycles. The summed E-state index contributed by atoms with van der Waals surface area (Å²) in [6.45, 7) is 9.66. The molecule has 12 heavy (non-hydrogen) atoms. The first kappa shape index (κ1) is 12.4. The second kappa shape index (κ2) is 5.98. The third-order valence-electron chi connectivity index (χ3n) is 2.93. The van der Waals surface area contributed by atoms with Crippen LogP contribution in [-0.2, 0) is 0 Å². The lowest BCUT2D eigenvalue weighted by molar-refractivity contribution is 0.140. The maximum absolute atomic E-state index is 2.63. The number of hydrogen-bond donors (Lipinski definition) is 0. The van der Waals surface area contributed by atoms with E-state index in [1.54, 1.807) is 0 Å². The van der Waals surface area contributed by atoms with E-state index in [1.807, 2.05) is 0 Å². The summed E-state index contributed by atoms with van der Waals surface area (Å²) in [5, 5.41) is 0. The molecular formula is C10H22BrN. The minimum Gasteiger partial charge on any atom is -0.300 e. The second-order valence-corrected chi connectivity index (χ2v) is 4.08. The molecule has 1 heterocycles. The van der Waals surface area contributed by atoms with E-state index in [0.29, 0.717) is 0 Å². The van der Waals surface area contributed by atoms with Crippen LogP contribution in [0.25, 0.3) is 0 Å². The molecule has 74 valence electrons. The SMILES string of the molecule is Br.CC(C)C(C)N1CCCCC1. The Kier molecular flexibility index (Phi) is 6.20. The highest BCUT2D eigenvalue weighted by Crippen LogP contribution is 2.16. The summed E-state index contributed by atoms with van der Waals surface area (Å²) in [7, 11) is 0. The Labute approximate surface area is 87.3 Å². The van der Waals surface area contributed by atoms with Gasteiger partial charge in [-0.15, -0.1) is 17.0 Å². The molecular weight excluding hydrogens is 214 g/mol. The van der Waals surface area contributed by atoms with Crippen LogP contribution in [0.4, 0.5) is 0 Å². The van der Waals surface area contributed by atoms with Gasteiger partial charge in [0.2, 0.25) is 0 Å². The fourth-order valence-corrected chi connectivity index (χ4v) is 1.75. The number of hydrogen-bond acceptors (Lipinski definition) is 1. The molecule has 0 saturated carbocycles. The van der Waals surface area contributed by atoms with Crippen molar-refractivity contribution in [1.29, 1.82) is 0 Å². The Hall–Kier alpha value is 0.440. The molecule has 0 aromatic carbocycles. The Morgan fingerprint density at radius 3 is 1.83 bits per heavy atom. The van der Waals surface area contributed by atoms with Gasteiger partial charge in [-0.1, -0.05) is 20.3 Å². The summed E-state index contributed by atoms with van der Waals surface area (Å²) in [5.74, 6) is 0.813. The molecule has 1 atom stereocenters. The van der Waals surface area contributed by atoms with Crippen LogP contribution in [0.3, 0.4) is 0 Å². The van der Waals surface area contributed by atoms with E-state index in [9.17, 15) is 0 Å². The molecule has 1 rings (SSSR count). The smallest absolute Gasteiger partial charge is 0.00899 e. The highest BCUT2D eigenvalue weighted by Gasteiger charge is 2.18. The van der Waals surface area contributed by atoms with E-state index in [4.69, 9.17) is 0 Å². The van der Waals surface area contributed by atoms with Gasteiger partial charge in [-0.25, -0.2) is 0 Å². The van der Waals surface area contributed by atoms with Gasteiger partial charge < -0.3 is 4.90 Å². The minimum absolute atomic E-state index is 0. The van der Waals surface area contributed by atoms with Gasteiger partial charge in [0.25, 0.3) is 0 Å². The van der Waals surface area contributed by atoms with Crippen molar-refractivity contribution < 1.29 is 0 Å². The van der Waals surface area contributed by atoms with Crippen molar-refractivity contribution in [3.8, 4) is 0 Å². The molecule has 0 radical (unpaired) electrons. The lowest BCUT2D eigenvalue weighted by Gasteiger charge is -2.34. The van der Waals surface area contributed by atoms with Crippen molar-refractivity contribution in [2.45, 2.75) is 46.1 Å². The van der Waals surface area contributed by atoms with E-state index >= 15 is 0 Å². The normalized spacial score (nSPS) is 22.0. The molecule has 2 heteroatoms. The van der Waals surface area contributed by atoms with Gasteiger partial charge in [0.1, 0.15) is 0 Å². The minimum atomic E-state index is 0. The molecule has 1 nitrogen and oxygen atoms in total. The molecule has 0 aliphatic carbocycles. The molecule has 1 fully saturated rings. The van der Waals surface area contributed by atoms with E-state index < -0.39 is 0 Å². The molecule has 1 saturated heterocycles. The Bertz CT molecular complexity index is 108. The number of rotatable bonds is 2. The molecule has 0 bridgehead atoms. The van der Waals surface area contributed by atoms with Crippen molar-refractivity contribution in [2.24, 2.45) is 5.92 Å². The molecule has 1 aliphatic rings. The third kappa shape index (κ3) is 3.44. The number of piperidine rings is 1. The van der Waals surface area contributed by atoms with Crippen molar-refractivity contribution in [3.05, 3.63) is 0 Å². The fraction of sp³-hybridized carbons (Fsp3) is 1.00. The van der Waals surface area contributed by atoms with Gasteiger partial charge in [0.05, 0.1) is 0 Å². The first-order valence-corrected chi connectivity index (χ1v) is 4.96. The molecule has 0 amide bonds. The summed E-state index contributed by atoms with van der Waals surface area (Å²) in [5.41, 5.74) is 0. The Morgan fingerprint density at radius 2 is 1.42 bits per heavy atom. The van der Waals surface area contributed by atoms with Crippen molar-refractivity contribution in [3.63, 3.8) is 0 Å². The molecule has 0 spiro atoms. The van der Waals surface area contributed by atoms with E-state index in [2.05, 4.69) is 25.7 Å². The predicted molar refractivity (Wildman–Crippen MR) is 60.0 cm³/mol. The van der Waals surface area contributed by atoms with Crippen molar-refractivity contribution >= 4 is 17.0 Å². The Morgan fingerprint density at radius 1 is 0.917 bits per heavy atom. The molecule has 0 aromatic rings. The quantitative estimate of drug-likeness (QED) is 0.712. The largest absolute Gasteiger partial charge is 0.300 e. The summed E-state index contributed by atoms with van der Waals surface area (Å²) >= 11 is 0. The van der Waals surface area contributed by atoms with Gasteiger partial charge >= 0.3 is 0 Å². The monoisotopic (exact) mass is 235 g/mol. The molecule has 0 N–H and O–H groups in total. The highest BCUT2D eigenvalue weighted by atomic mass is 79.9. The van der Waals surface area contributed by atoms with Gasteiger partial charge in [0.15, 0.2) is 0 Å². The highest BCUT2D eigenvalue weighted by molar-refractivity contribution is 8.93. The zero-order chi connectivity index (χ0) is 8.27. The van der Waals surface area contributed by atoms with Crippen LogP contribution in [0.2, 0.25) is 0 Å². The number of likely N-dealkylation sites (tertiary alicyclic amines) is 1. The topological polar surface area (TPSA) is 3.24 Å². The van der Waals surface area contributed by atoms with E-state index in [1.165, 1.54) is 32.4 Å². The summed E-state index contributed by atoms with van der Waals surface area (Å²) in [4.78, 5) is 2.63. The lowest BCUT2D eigenvalue weighted by Crippen LogP contribution is -2.40. The summed E-state index contributed by atoms with van der Waals surface area (Å²) < 4.78 is 0. The summed E-state index contributed by atoms with van der Waals surface area (Å²) in [6.07, 6.45) is 4.27. The maximum atomic E-state index is 2.63. The molecule has 0 aromatic heterocycles. The van der Waals surface area contributed by atoms with Crippen LogP contribution in [0.5, 0.6) is 0 Å². The average Bonchev–Trinajstić information content (AvgIpc) is 2.05. The summed E-state index contributed by atoms with van der Waals surface area (Å²) in [6, 6.07) is 0.787. The third-order valence-corrected chi connectivity index (χ3v) is 2.93. The molecule has 1 unspecified atom stereocenters. The van der Waals surface area contributed by atoms with E-state index in [0.717, 1.165) is 12.0 Å². The number of halogens is 1. The maximum Gasteiger partial charge on any atom is 0.00899 e. The predicted octanol–water partition coefficient (Wildman–Crippen LogP) is 3.09. The standard InChI is InChI=1S/C10H21N.BrH/c1-9(2)10(3)11-7-5-4-6-8-11;/h9-10H,4-8H2,1-3H3;1H. The number of nitrogens with zero attached hydrogens (tertiary/aromatic N) is 1. The van der Waals surface area contributed by atoms with E-state index in [-0.39, 0.29) is 17.0 Å². The van der Waals surface area contributed by atoms with Crippen LogP contribution < -0.4 is 0 Å². The first-order valence-electron chi connectivity index (χ1n) is 4.96. The van der Waals surface area contributed by atoms with Crippen molar-refractivity contribution in [2.75, 3.05) is 13.1 Å². The second-order valence-electron chi connectivity index (χ2n) is 4.08. The van der Waals surface area contributed by atoms with Gasteiger partial charge in [-0.05, 0) is 38.8 Å². The fourth-order valence-electron chi connectivity index (χ4n) is 1.75. The zero-order valence-corrected chi connectivity index (χ0v) is 10.3. The Balaban J connectivity index is 0.00000121. The van der Waals surface area contributed by atoms with Crippen LogP contribution >= 0.6 is 17.0 Å². The van der Waals surface area contributed by atoms with Crippen LogP contribution in [0, 0.1) is 5.92 Å². The van der Waals surface area contributed by atoms with Crippen LogP contribution in [-0.4, -0.2) is 24.0 Å².